The van der Waals surface area contributed by atoms with E-state index in [1.165, 1.54) is 0 Å². The molecule has 4 rings (SSSR count). The van der Waals surface area contributed by atoms with Crippen molar-refractivity contribution in [1.29, 1.82) is 0 Å². The first-order valence-corrected chi connectivity index (χ1v) is 7.90. The highest BCUT2D eigenvalue weighted by Crippen LogP contribution is 2.28. The Hall–Kier alpha value is -3.08. The summed E-state index contributed by atoms with van der Waals surface area (Å²) in [6.45, 7) is 0.669. The topological polar surface area (TPSA) is 56.2 Å². The number of hydrogen-bond donors (Lipinski definition) is 1. The smallest absolute Gasteiger partial charge is 0.265 e. The van der Waals surface area contributed by atoms with Crippen molar-refractivity contribution in [3.63, 3.8) is 0 Å². The highest BCUT2D eigenvalue weighted by molar-refractivity contribution is 5.95. The van der Waals surface area contributed by atoms with E-state index < -0.39 is 6.10 Å². The van der Waals surface area contributed by atoms with Crippen molar-refractivity contribution in [2.75, 3.05) is 5.32 Å². The molecule has 3 aromatic rings. The number of nitrogens with one attached hydrogen (secondary N) is 1. The number of ether oxygens (including phenoxy) is 1. The van der Waals surface area contributed by atoms with Gasteiger partial charge in [-0.25, -0.2) is 0 Å². The largest absolute Gasteiger partial charge is 0.480 e. The molecule has 120 valence electrons. The van der Waals surface area contributed by atoms with Gasteiger partial charge in [-0.1, -0.05) is 30.3 Å². The van der Waals surface area contributed by atoms with Crippen LogP contribution in [0.15, 0.2) is 67.0 Å². The summed E-state index contributed by atoms with van der Waals surface area (Å²) in [5.74, 6) is 0.674. The van der Waals surface area contributed by atoms with Crippen LogP contribution in [0.1, 0.15) is 11.1 Å². The normalized spacial score (nSPS) is 15.6. The summed E-state index contributed by atoms with van der Waals surface area (Å²) >= 11 is 0. The van der Waals surface area contributed by atoms with Crippen molar-refractivity contribution < 1.29 is 9.53 Å². The van der Waals surface area contributed by atoms with Gasteiger partial charge in [0.05, 0.1) is 6.54 Å². The fourth-order valence-corrected chi connectivity index (χ4v) is 2.88. The van der Waals surface area contributed by atoms with Gasteiger partial charge in [0.15, 0.2) is 6.10 Å². The van der Waals surface area contributed by atoms with Crippen LogP contribution < -0.4 is 10.1 Å². The SMILES string of the molecule is O=C(Nc1cccc(Cn2cccn2)c1)[C@@H]1Cc2ccccc2O1. The second-order valence-electron chi connectivity index (χ2n) is 5.81. The van der Waals surface area contributed by atoms with Crippen molar-refractivity contribution in [3.05, 3.63) is 78.1 Å². The van der Waals surface area contributed by atoms with E-state index in [0.717, 1.165) is 22.6 Å². The summed E-state index contributed by atoms with van der Waals surface area (Å²) in [6, 6.07) is 17.4. The molecule has 0 unspecified atom stereocenters. The van der Waals surface area contributed by atoms with Crippen LogP contribution in [-0.4, -0.2) is 21.8 Å². The zero-order valence-electron chi connectivity index (χ0n) is 13.1. The van der Waals surface area contributed by atoms with Crippen molar-refractivity contribution in [3.8, 4) is 5.75 Å². The maximum Gasteiger partial charge on any atom is 0.265 e. The minimum absolute atomic E-state index is 0.123. The Morgan fingerprint density at radius 1 is 1.21 bits per heavy atom. The summed E-state index contributed by atoms with van der Waals surface area (Å²) in [6.07, 6.45) is 3.79. The van der Waals surface area contributed by atoms with Gasteiger partial charge in [0, 0.05) is 24.5 Å². The van der Waals surface area contributed by atoms with Crippen LogP contribution in [0, 0.1) is 0 Å². The molecule has 0 saturated carbocycles. The lowest BCUT2D eigenvalue weighted by atomic mass is 10.1. The molecule has 5 nitrogen and oxygen atoms in total. The third-order valence-electron chi connectivity index (χ3n) is 4.04. The van der Waals surface area contributed by atoms with Gasteiger partial charge in [-0.05, 0) is 35.4 Å². The lowest BCUT2D eigenvalue weighted by Gasteiger charge is -2.12. The monoisotopic (exact) mass is 319 g/mol. The summed E-state index contributed by atoms with van der Waals surface area (Å²) in [5.41, 5.74) is 2.92. The van der Waals surface area contributed by atoms with Gasteiger partial charge in [-0.3, -0.25) is 9.48 Å². The minimum atomic E-state index is -0.475. The molecular formula is C19H17N3O2. The number of hydrogen-bond acceptors (Lipinski definition) is 3. The molecule has 0 spiro atoms. The van der Waals surface area contributed by atoms with E-state index >= 15 is 0 Å². The molecule has 0 aliphatic carbocycles. The van der Waals surface area contributed by atoms with Crippen molar-refractivity contribution in [1.82, 2.24) is 9.78 Å². The summed E-state index contributed by atoms with van der Waals surface area (Å²) in [4.78, 5) is 12.5. The number of benzene rings is 2. The van der Waals surface area contributed by atoms with E-state index in [1.807, 2.05) is 65.5 Å². The van der Waals surface area contributed by atoms with Crippen LogP contribution >= 0.6 is 0 Å². The molecule has 1 aromatic heterocycles. The molecule has 2 heterocycles. The molecule has 2 aromatic carbocycles. The molecule has 1 amide bonds. The fraction of sp³-hybridized carbons (Fsp3) is 0.158. The average Bonchev–Trinajstić information content (AvgIpc) is 3.24. The van der Waals surface area contributed by atoms with E-state index in [1.54, 1.807) is 6.20 Å². The Labute approximate surface area is 139 Å². The molecule has 0 bridgehead atoms. The quantitative estimate of drug-likeness (QED) is 0.804. The van der Waals surface area contributed by atoms with Gasteiger partial charge in [0.25, 0.3) is 5.91 Å². The summed E-state index contributed by atoms with van der Waals surface area (Å²) in [7, 11) is 0. The Balaban J connectivity index is 1.43. The van der Waals surface area contributed by atoms with Crippen LogP contribution in [0.2, 0.25) is 0 Å². The van der Waals surface area contributed by atoms with Gasteiger partial charge in [0.2, 0.25) is 0 Å². The number of amides is 1. The molecular weight excluding hydrogens is 302 g/mol. The highest BCUT2D eigenvalue weighted by Gasteiger charge is 2.28. The van der Waals surface area contributed by atoms with Crippen molar-refractivity contribution >= 4 is 11.6 Å². The number of anilines is 1. The molecule has 5 heteroatoms. The number of para-hydroxylation sites is 1. The number of fused-ring (bicyclic) bond motifs is 1. The third-order valence-corrected chi connectivity index (χ3v) is 4.04. The number of carbonyl (C=O) groups excluding carboxylic acids is 1. The Morgan fingerprint density at radius 2 is 2.12 bits per heavy atom. The first-order valence-electron chi connectivity index (χ1n) is 7.90. The van der Waals surface area contributed by atoms with Gasteiger partial charge in [-0.2, -0.15) is 5.10 Å². The molecule has 0 saturated heterocycles. The van der Waals surface area contributed by atoms with Crippen LogP contribution in [0.4, 0.5) is 5.69 Å². The standard InChI is InChI=1S/C19H17N3O2/c23-19(18-12-15-6-1-2-8-17(15)24-18)21-16-7-3-5-14(11-16)13-22-10-4-9-20-22/h1-11,18H,12-13H2,(H,21,23)/t18-/m0/s1. The summed E-state index contributed by atoms with van der Waals surface area (Å²) < 4.78 is 7.58. The average molecular weight is 319 g/mol. The molecule has 24 heavy (non-hydrogen) atoms. The highest BCUT2D eigenvalue weighted by atomic mass is 16.5. The zero-order chi connectivity index (χ0) is 16.4. The fourth-order valence-electron chi connectivity index (χ4n) is 2.88. The second kappa shape index (κ2) is 6.20. The predicted octanol–water partition coefficient (Wildman–Crippen LogP) is 2.87. The molecule has 0 radical (unpaired) electrons. The molecule has 1 N–H and O–H groups in total. The van der Waals surface area contributed by atoms with Crippen molar-refractivity contribution in [2.24, 2.45) is 0 Å². The van der Waals surface area contributed by atoms with Gasteiger partial charge >= 0.3 is 0 Å². The van der Waals surface area contributed by atoms with Crippen LogP contribution in [0.5, 0.6) is 5.75 Å². The minimum Gasteiger partial charge on any atom is -0.480 e. The maximum atomic E-state index is 12.5. The first kappa shape index (κ1) is 14.5. The predicted molar refractivity (Wildman–Crippen MR) is 91.0 cm³/mol. The van der Waals surface area contributed by atoms with Gasteiger partial charge in [-0.15, -0.1) is 0 Å². The number of rotatable bonds is 4. The van der Waals surface area contributed by atoms with Crippen molar-refractivity contribution in [2.45, 2.75) is 19.1 Å². The van der Waals surface area contributed by atoms with Crippen LogP contribution in [0.25, 0.3) is 0 Å². The number of carbonyl (C=O) groups is 1. The van der Waals surface area contributed by atoms with E-state index in [2.05, 4.69) is 10.4 Å². The lowest BCUT2D eigenvalue weighted by molar-refractivity contribution is -0.122. The second-order valence-corrected chi connectivity index (χ2v) is 5.81. The lowest BCUT2D eigenvalue weighted by Crippen LogP contribution is -2.31. The Morgan fingerprint density at radius 3 is 2.96 bits per heavy atom. The van der Waals surface area contributed by atoms with Gasteiger partial charge < -0.3 is 10.1 Å². The van der Waals surface area contributed by atoms with E-state index in [4.69, 9.17) is 4.74 Å². The van der Waals surface area contributed by atoms with Crippen LogP contribution in [0.3, 0.4) is 0 Å². The van der Waals surface area contributed by atoms with E-state index in [-0.39, 0.29) is 5.91 Å². The Bertz CT molecular complexity index is 834. The van der Waals surface area contributed by atoms with E-state index in [9.17, 15) is 4.79 Å². The maximum absolute atomic E-state index is 12.5. The zero-order valence-corrected chi connectivity index (χ0v) is 13.1. The molecule has 1 atom stereocenters. The molecule has 0 fully saturated rings. The first-order chi connectivity index (χ1) is 11.8. The van der Waals surface area contributed by atoms with E-state index in [0.29, 0.717) is 13.0 Å². The summed E-state index contributed by atoms with van der Waals surface area (Å²) in [5, 5.41) is 7.14. The van der Waals surface area contributed by atoms with Crippen LogP contribution in [-0.2, 0) is 17.8 Å². The molecule has 1 aliphatic rings. The third kappa shape index (κ3) is 3.01. The number of nitrogens with zero attached hydrogens (tertiary/aromatic N) is 2. The molecule has 1 aliphatic heterocycles. The Kier molecular flexibility index (Phi) is 3.75. The van der Waals surface area contributed by atoms with Gasteiger partial charge in [0.1, 0.15) is 5.75 Å². The number of aromatic nitrogens is 2.